The van der Waals surface area contributed by atoms with Gasteiger partial charge >= 0.3 is 0 Å². The van der Waals surface area contributed by atoms with E-state index in [0.29, 0.717) is 11.2 Å². The average Bonchev–Trinajstić information content (AvgIpc) is 2.88. The van der Waals surface area contributed by atoms with Gasteiger partial charge in [-0.1, -0.05) is 6.92 Å². The second kappa shape index (κ2) is 3.01. The molecule has 1 saturated carbocycles. The summed E-state index contributed by atoms with van der Waals surface area (Å²) in [4.78, 5) is 17.5. The first kappa shape index (κ1) is 9.05. The van der Waals surface area contributed by atoms with Crippen LogP contribution < -0.4 is 16.6 Å². The number of nitrogen functional groups attached to an aromatic ring is 1. The summed E-state index contributed by atoms with van der Waals surface area (Å²) < 4.78 is 0. The van der Waals surface area contributed by atoms with Crippen molar-refractivity contribution in [1.82, 2.24) is 9.97 Å². The van der Waals surface area contributed by atoms with Gasteiger partial charge in [0.15, 0.2) is 5.82 Å². The van der Waals surface area contributed by atoms with Gasteiger partial charge in [0.2, 0.25) is 0 Å². The van der Waals surface area contributed by atoms with Crippen molar-refractivity contribution in [3.05, 3.63) is 16.7 Å². The molecule has 0 atom stereocenters. The van der Waals surface area contributed by atoms with Gasteiger partial charge in [0.1, 0.15) is 5.69 Å². The monoisotopic (exact) mass is 194 g/mol. The maximum atomic E-state index is 11.1. The Labute approximate surface area is 81.7 Å². The van der Waals surface area contributed by atoms with Crippen LogP contribution in [0, 0.1) is 5.41 Å². The summed E-state index contributed by atoms with van der Waals surface area (Å²) in [6.07, 6.45) is 3.81. The third-order valence-electron chi connectivity index (χ3n) is 2.68. The molecule has 1 aliphatic rings. The maximum Gasteiger partial charge on any atom is 0.276 e. The van der Waals surface area contributed by atoms with Crippen molar-refractivity contribution in [3.8, 4) is 0 Å². The molecule has 1 heterocycles. The van der Waals surface area contributed by atoms with Crippen molar-refractivity contribution in [3.63, 3.8) is 0 Å². The summed E-state index contributed by atoms with van der Waals surface area (Å²) in [6.45, 7) is 3.02. The lowest BCUT2D eigenvalue weighted by molar-refractivity contribution is 0.609. The van der Waals surface area contributed by atoms with Gasteiger partial charge in [0, 0.05) is 6.54 Å². The fourth-order valence-corrected chi connectivity index (χ4v) is 1.24. The van der Waals surface area contributed by atoms with Crippen molar-refractivity contribution >= 4 is 11.5 Å². The van der Waals surface area contributed by atoms with Crippen LogP contribution >= 0.6 is 0 Å². The third-order valence-corrected chi connectivity index (χ3v) is 2.68. The molecule has 0 saturated heterocycles. The van der Waals surface area contributed by atoms with Crippen LogP contribution in [0.1, 0.15) is 19.8 Å². The molecular formula is C9H14N4O. The fourth-order valence-electron chi connectivity index (χ4n) is 1.24. The van der Waals surface area contributed by atoms with E-state index in [1.165, 1.54) is 19.2 Å². The number of nitrogens with one attached hydrogen (secondary N) is 2. The number of hydrogen-bond donors (Lipinski definition) is 3. The molecule has 14 heavy (non-hydrogen) atoms. The molecular weight excluding hydrogens is 180 g/mol. The number of aromatic amines is 1. The zero-order chi connectivity index (χ0) is 10.2. The molecule has 76 valence electrons. The van der Waals surface area contributed by atoms with E-state index in [2.05, 4.69) is 22.2 Å². The van der Waals surface area contributed by atoms with Crippen molar-refractivity contribution in [2.24, 2.45) is 5.41 Å². The molecule has 0 amide bonds. The standard InChI is InChI=1S/C9H14N4O/c1-9(2-3-9)4-11-7-6(10)8(14)13-5-12-7/h5H,2-4,10H2,1H3,(H2,11,12,13,14). The fraction of sp³-hybridized carbons (Fsp3) is 0.556. The minimum absolute atomic E-state index is 0.164. The first-order valence-corrected chi connectivity index (χ1v) is 4.68. The Morgan fingerprint density at radius 3 is 3.07 bits per heavy atom. The number of anilines is 2. The predicted molar refractivity (Wildman–Crippen MR) is 55.1 cm³/mol. The summed E-state index contributed by atoms with van der Waals surface area (Å²) in [5.74, 6) is 0.488. The first-order valence-electron chi connectivity index (χ1n) is 4.68. The van der Waals surface area contributed by atoms with Crippen molar-refractivity contribution in [2.75, 3.05) is 17.6 Å². The van der Waals surface area contributed by atoms with Gasteiger partial charge in [-0.3, -0.25) is 4.79 Å². The van der Waals surface area contributed by atoms with Crippen molar-refractivity contribution in [2.45, 2.75) is 19.8 Å². The molecule has 0 bridgehead atoms. The van der Waals surface area contributed by atoms with E-state index < -0.39 is 0 Å². The van der Waals surface area contributed by atoms with E-state index in [1.54, 1.807) is 0 Å². The first-order chi connectivity index (χ1) is 6.61. The van der Waals surface area contributed by atoms with Crippen LogP contribution in [0.4, 0.5) is 11.5 Å². The highest BCUT2D eigenvalue weighted by molar-refractivity contribution is 5.58. The second-order valence-corrected chi connectivity index (χ2v) is 4.16. The maximum absolute atomic E-state index is 11.1. The molecule has 1 fully saturated rings. The normalized spacial score (nSPS) is 17.8. The largest absolute Gasteiger partial charge is 0.391 e. The number of aromatic nitrogens is 2. The van der Waals surface area contributed by atoms with Crippen LogP contribution in [-0.4, -0.2) is 16.5 Å². The van der Waals surface area contributed by atoms with Gasteiger partial charge in [-0.25, -0.2) is 4.98 Å². The van der Waals surface area contributed by atoms with E-state index >= 15 is 0 Å². The lowest BCUT2D eigenvalue weighted by Crippen LogP contribution is -2.19. The van der Waals surface area contributed by atoms with Crippen LogP contribution in [0.25, 0.3) is 0 Å². The Hall–Kier alpha value is -1.52. The molecule has 2 rings (SSSR count). The highest BCUT2D eigenvalue weighted by atomic mass is 16.1. The molecule has 0 aliphatic heterocycles. The predicted octanol–water partition coefficient (Wildman–Crippen LogP) is 0.564. The molecule has 0 unspecified atom stereocenters. The van der Waals surface area contributed by atoms with E-state index in [4.69, 9.17) is 5.73 Å². The van der Waals surface area contributed by atoms with Gasteiger partial charge in [0.05, 0.1) is 6.33 Å². The van der Waals surface area contributed by atoms with E-state index in [-0.39, 0.29) is 11.2 Å². The van der Waals surface area contributed by atoms with Gasteiger partial charge < -0.3 is 16.0 Å². The Morgan fingerprint density at radius 2 is 2.43 bits per heavy atom. The summed E-state index contributed by atoms with van der Waals surface area (Å²) in [7, 11) is 0. The Morgan fingerprint density at radius 1 is 1.71 bits per heavy atom. The minimum Gasteiger partial charge on any atom is -0.391 e. The molecule has 0 radical (unpaired) electrons. The van der Waals surface area contributed by atoms with Gasteiger partial charge in [-0.2, -0.15) is 0 Å². The number of nitrogens with two attached hydrogens (primary N) is 1. The van der Waals surface area contributed by atoms with E-state index in [0.717, 1.165) is 6.54 Å². The van der Waals surface area contributed by atoms with E-state index in [1.807, 2.05) is 0 Å². The van der Waals surface area contributed by atoms with Gasteiger partial charge in [-0.15, -0.1) is 0 Å². The molecule has 0 spiro atoms. The van der Waals surface area contributed by atoms with E-state index in [9.17, 15) is 4.79 Å². The average molecular weight is 194 g/mol. The smallest absolute Gasteiger partial charge is 0.276 e. The van der Waals surface area contributed by atoms with Crippen LogP contribution in [-0.2, 0) is 0 Å². The number of H-pyrrole nitrogens is 1. The molecule has 4 N–H and O–H groups in total. The topological polar surface area (TPSA) is 83.8 Å². The van der Waals surface area contributed by atoms with Crippen LogP contribution in [0.15, 0.2) is 11.1 Å². The number of hydrogen-bond acceptors (Lipinski definition) is 4. The highest BCUT2D eigenvalue weighted by Crippen LogP contribution is 2.44. The number of rotatable bonds is 3. The van der Waals surface area contributed by atoms with Crippen molar-refractivity contribution in [1.29, 1.82) is 0 Å². The molecule has 1 aromatic heterocycles. The molecule has 5 nitrogen and oxygen atoms in total. The van der Waals surface area contributed by atoms with Crippen molar-refractivity contribution < 1.29 is 0 Å². The summed E-state index contributed by atoms with van der Waals surface area (Å²) in [6, 6.07) is 0. The SMILES string of the molecule is CC1(CNc2nc[nH]c(=O)c2N)CC1. The zero-order valence-electron chi connectivity index (χ0n) is 8.13. The summed E-state index contributed by atoms with van der Waals surface area (Å²) in [5.41, 5.74) is 5.81. The molecule has 1 aliphatic carbocycles. The Bertz CT molecular complexity index is 394. The highest BCUT2D eigenvalue weighted by Gasteiger charge is 2.36. The Kier molecular flexibility index (Phi) is 1.94. The minimum atomic E-state index is -0.288. The lowest BCUT2D eigenvalue weighted by atomic mass is 10.1. The summed E-state index contributed by atoms with van der Waals surface area (Å²) in [5, 5.41) is 3.10. The Balaban J connectivity index is 2.09. The van der Waals surface area contributed by atoms with Crippen LogP contribution in [0.2, 0.25) is 0 Å². The van der Waals surface area contributed by atoms with Crippen LogP contribution in [0.5, 0.6) is 0 Å². The quantitative estimate of drug-likeness (QED) is 0.656. The molecule has 0 aromatic carbocycles. The molecule has 1 aromatic rings. The van der Waals surface area contributed by atoms with Gasteiger partial charge in [-0.05, 0) is 18.3 Å². The third kappa shape index (κ3) is 1.71. The number of nitrogens with zero attached hydrogens (tertiary/aromatic N) is 1. The zero-order valence-corrected chi connectivity index (χ0v) is 8.13. The lowest BCUT2D eigenvalue weighted by Gasteiger charge is -2.11. The van der Waals surface area contributed by atoms with Gasteiger partial charge in [0.25, 0.3) is 5.56 Å². The second-order valence-electron chi connectivity index (χ2n) is 4.16. The molecule has 5 heteroatoms. The van der Waals surface area contributed by atoms with Crippen LogP contribution in [0.3, 0.4) is 0 Å². The summed E-state index contributed by atoms with van der Waals surface area (Å²) >= 11 is 0.